The van der Waals surface area contributed by atoms with Crippen LogP contribution in [0.3, 0.4) is 0 Å². The average molecular weight is 196 g/mol. The third kappa shape index (κ3) is 2.12. The van der Waals surface area contributed by atoms with Crippen LogP contribution in [0.15, 0.2) is 0 Å². The normalized spacial score (nSPS) is 36.9. The van der Waals surface area contributed by atoms with Gasteiger partial charge in [0.15, 0.2) is 0 Å². The molecule has 1 aliphatic heterocycles. The van der Waals surface area contributed by atoms with Crippen molar-refractivity contribution >= 4 is 0 Å². The molecule has 0 spiro atoms. The van der Waals surface area contributed by atoms with Gasteiger partial charge in [-0.25, -0.2) is 0 Å². The quantitative estimate of drug-likeness (QED) is 0.725. The summed E-state index contributed by atoms with van der Waals surface area (Å²) < 4.78 is 0. The molecule has 0 bridgehead atoms. The van der Waals surface area contributed by atoms with Crippen LogP contribution in [-0.4, -0.2) is 37.1 Å². The molecule has 1 heterocycles. The maximum absolute atomic E-state index is 3.46. The highest BCUT2D eigenvalue weighted by Gasteiger charge is 2.35. The van der Waals surface area contributed by atoms with Crippen LogP contribution in [0.5, 0.6) is 0 Å². The first-order valence-corrected chi connectivity index (χ1v) is 6.01. The number of rotatable bonds is 2. The molecule has 14 heavy (non-hydrogen) atoms. The minimum absolute atomic E-state index is 0.588. The third-order valence-corrected chi connectivity index (χ3v) is 4.13. The summed E-state index contributed by atoms with van der Waals surface area (Å²) in [7, 11) is 2.32. The SMILES string of the molecule is CN(C1CCNC1)C1CCC(C)(C)C1. The lowest BCUT2D eigenvalue weighted by Gasteiger charge is -2.31. The van der Waals surface area contributed by atoms with Gasteiger partial charge in [0, 0.05) is 18.6 Å². The topological polar surface area (TPSA) is 15.3 Å². The molecular weight excluding hydrogens is 172 g/mol. The summed E-state index contributed by atoms with van der Waals surface area (Å²) in [6.45, 7) is 7.24. The van der Waals surface area contributed by atoms with E-state index in [1.54, 1.807) is 0 Å². The number of nitrogens with one attached hydrogen (secondary N) is 1. The van der Waals surface area contributed by atoms with Crippen molar-refractivity contribution in [2.75, 3.05) is 20.1 Å². The Bertz CT molecular complexity index is 194. The lowest BCUT2D eigenvalue weighted by molar-refractivity contribution is 0.174. The summed E-state index contributed by atoms with van der Waals surface area (Å²) in [5, 5.41) is 3.46. The van der Waals surface area contributed by atoms with Gasteiger partial charge in [-0.1, -0.05) is 13.8 Å². The predicted octanol–water partition coefficient (Wildman–Crippen LogP) is 1.86. The number of hydrogen-bond donors (Lipinski definition) is 1. The van der Waals surface area contributed by atoms with Gasteiger partial charge in [0.25, 0.3) is 0 Å². The fourth-order valence-corrected chi connectivity index (χ4v) is 3.03. The Morgan fingerprint density at radius 2 is 2.00 bits per heavy atom. The molecule has 0 amide bonds. The molecule has 2 atom stereocenters. The first kappa shape index (κ1) is 10.4. The Balaban J connectivity index is 1.89. The molecule has 1 aliphatic carbocycles. The van der Waals surface area contributed by atoms with Gasteiger partial charge in [-0.2, -0.15) is 0 Å². The molecule has 2 rings (SSSR count). The number of nitrogens with zero attached hydrogens (tertiary/aromatic N) is 1. The average Bonchev–Trinajstić information content (AvgIpc) is 2.72. The van der Waals surface area contributed by atoms with Crippen molar-refractivity contribution in [3.05, 3.63) is 0 Å². The molecule has 1 saturated carbocycles. The van der Waals surface area contributed by atoms with Crippen molar-refractivity contribution in [3.63, 3.8) is 0 Å². The van der Waals surface area contributed by atoms with Gasteiger partial charge in [0.1, 0.15) is 0 Å². The van der Waals surface area contributed by atoms with Gasteiger partial charge < -0.3 is 5.32 Å². The highest BCUT2D eigenvalue weighted by molar-refractivity contribution is 4.91. The van der Waals surface area contributed by atoms with Gasteiger partial charge in [-0.15, -0.1) is 0 Å². The first-order chi connectivity index (χ1) is 6.58. The molecule has 2 heteroatoms. The highest BCUT2D eigenvalue weighted by atomic mass is 15.2. The van der Waals surface area contributed by atoms with E-state index in [4.69, 9.17) is 0 Å². The molecule has 0 radical (unpaired) electrons. The van der Waals surface area contributed by atoms with Crippen LogP contribution in [0.25, 0.3) is 0 Å². The van der Waals surface area contributed by atoms with Crippen LogP contribution in [-0.2, 0) is 0 Å². The minimum Gasteiger partial charge on any atom is -0.315 e. The van der Waals surface area contributed by atoms with Crippen molar-refractivity contribution in [2.24, 2.45) is 5.41 Å². The van der Waals surface area contributed by atoms with E-state index in [1.165, 1.54) is 38.8 Å². The van der Waals surface area contributed by atoms with E-state index >= 15 is 0 Å². The van der Waals surface area contributed by atoms with Gasteiger partial charge >= 0.3 is 0 Å². The second-order valence-electron chi connectivity index (χ2n) is 5.87. The first-order valence-electron chi connectivity index (χ1n) is 6.01. The van der Waals surface area contributed by atoms with Crippen molar-refractivity contribution in [3.8, 4) is 0 Å². The van der Waals surface area contributed by atoms with E-state index in [9.17, 15) is 0 Å². The molecule has 1 saturated heterocycles. The molecular formula is C12H24N2. The second-order valence-corrected chi connectivity index (χ2v) is 5.87. The highest BCUT2D eigenvalue weighted by Crippen LogP contribution is 2.39. The van der Waals surface area contributed by atoms with Crippen LogP contribution >= 0.6 is 0 Å². The Morgan fingerprint density at radius 3 is 2.50 bits per heavy atom. The third-order valence-electron chi connectivity index (χ3n) is 4.13. The van der Waals surface area contributed by atoms with Crippen molar-refractivity contribution in [1.29, 1.82) is 0 Å². The lowest BCUT2D eigenvalue weighted by Crippen LogP contribution is -2.40. The fourth-order valence-electron chi connectivity index (χ4n) is 3.03. The summed E-state index contributed by atoms with van der Waals surface area (Å²) >= 11 is 0. The molecule has 1 N–H and O–H groups in total. The van der Waals surface area contributed by atoms with E-state index < -0.39 is 0 Å². The monoisotopic (exact) mass is 196 g/mol. The van der Waals surface area contributed by atoms with E-state index in [-0.39, 0.29) is 0 Å². The van der Waals surface area contributed by atoms with Crippen LogP contribution in [0.4, 0.5) is 0 Å². The van der Waals surface area contributed by atoms with Gasteiger partial charge in [-0.3, -0.25) is 4.90 Å². The van der Waals surface area contributed by atoms with E-state index in [0.29, 0.717) is 5.41 Å². The van der Waals surface area contributed by atoms with Crippen LogP contribution in [0.2, 0.25) is 0 Å². The van der Waals surface area contributed by atoms with Crippen LogP contribution in [0.1, 0.15) is 39.5 Å². The molecule has 2 fully saturated rings. The molecule has 2 aliphatic rings. The summed E-state index contributed by atoms with van der Waals surface area (Å²) in [6, 6.07) is 1.64. The summed E-state index contributed by atoms with van der Waals surface area (Å²) in [5.41, 5.74) is 0.588. The van der Waals surface area contributed by atoms with Crippen molar-refractivity contribution in [2.45, 2.75) is 51.6 Å². The predicted molar refractivity (Wildman–Crippen MR) is 60.5 cm³/mol. The largest absolute Gasteiger partial charge is 0.315 e. The Kier molecular flexibility index (Phi) is 2.85. The minimum atomic E-state index is 0.588. The molecule has 0 aromatic heterocycles. The Hall–Kier alpha value is -0.0800. The summed E-state index contributed by atoms with van der Waals surface area (Å²) in [4.78, 5) is 2.63. The van der Waals surface area contributed by atoms with E-state index in [2.05, 4.69) is 31.1 Å². The molecule has 2 nitrogen and oxygen atoms in total. The van der Waals surface area contributed by atoms with Crippen molar-refractivity contribution < 1.29 is 0 Å². The molecule has 82 valence electrons. The van der Waals surface area contributed by atoms with Gasteiger partial charge in [0.2, 0.25) is 0 Å². The zero-order valence-electron chi connectivity index (χ0n) is 9.84. The summed E-state index contributed by atoms with van der Waals surface area (Å²) in [6.07, 6.45) is 5.54. The maximum Gasteiger partial charge on any atom is 0.0232 e. The van der Waals surface area contributed by atoms with Crippen LogP contribution in [0, 0.1) is 5.41 Å². The number of hydrogen-bond acceptors (Lipinski definition) is 2. The smallest absolute Gasteiger partial charge is 0.0232 e. The van der Waals surface area contributed by atoms with Crippen LogP contribution < -0.4 is 5.32 Å². The zero-order valence-corrected chi connectivity index (χ0v) is 9.84. The van der Waals surface area contributed by atoms with Gasteiger partial charge in [-0.05, 0) is 44.7 Å². The second kappa shape index (κ2) is 3.82. The van der Waals surface area contributed by atoms with Crippen molar-refractivity contribution in [1.82, 2.24) is 10.2 Å². The Morgan fingerprint density at radius 1 is 1.21 bits per heavy atom. The lowest BCUT2D eigenvalue weighted by atomic mass is 9.91. The molecule has 2 unspecified atom stereocenters. The Labute approximate surface area is 88.1 Å². The van der Waals surface area contributed by atoms with E-state index in [1.807, 2.05) is 0 Å². The van der Waals surface area contributed by atoms with Gasteiger partial charge in [0.05, 0.1) is 0 Å². The standard InChI is InChI=1S/C12H24N2/c1-12(2)6-4-10(8-12)14(3)11-5-7-13-9-11/h10-11,13H,4-9H2,1-3H3. The maximum atomic E-state index is 3.46. The molecule has 0 aromatic carbocycles. The van der Waals surface area contributed by atoms with E-state index in [0.717, 1.165) is 12.1 Å². The fraction of sp³-hybridized carbons (Fsp3) is 1.00. The number of likely N-dealkylation sites (N-methyl/N-ethyl adjacent to an activating group) is 1. The zero-order chi connectivity index (χ0) is 10.2. The summed E-state index contributed by atoms with van der Waals surface area (Å²) in [5.74, 6) is 0. The molecule has 0 aromatic rings.